The van der Waals surface area contributed by atoms with Crippen LogP contribution in [0.2, 0.25) is 0 Å². The van der Waals surface area contributed by atoms with Crippen molar-refractivity contribution in [3.63, 3.8) is 0 Å². The maximum Gasteiger partial charge on any atom is 0.242 e. The summed E-state index contributed by atoms with van der Waals surface area (Å²) in [5.41, 5.74) is 1.39. The van der Waals surface area contributed by atoms with Crippen molar-refractivity contribution in [2.24, 2.45) is 0 Å². The van der Waals surface area contributed by atoms with Gasteiger partial charge in [-0.1, -0.05) is 12.8 Å². The molecule has 2 aromatic rings. The van der Waals surface area contributed by atoms with Crippen molar-refractivity contribution in [3.05, 3.63) is 12.7 Å². The van der Waals surface area contributed by atoms with Crippen molar-refractivity contribution in [2.45, 2.75) is 31.7 Å². The number of aromatic nitrogens is 4. The van der Waals surface area contributed by atoms with Gasteiger partial charge in [0.05, 0.1) is 12.9 Å². The maximum atomic E-state index is 12.7. The van der Waals surface area contributed by atoms with Gasteiger partial charge in [-0.2, -0.15) is 0 Å². The average molecular weight is 343 g/mol. The van der Waals surface area contributed by atoms with Crippen LogP contribution < -0.4 is 4.90 Å². The van der Waals surface area contributed by atoms with Gasteiger partial charge in [0.2, 0.25) is 5.91 Å². The monoisotopic (exact) mass is 343 g/mol. The Bertz CT molecular complexity index is 731. The quantitative estimate of drug-likeness (QED) is 0.887. The predicted octanol–water partition coefficient (Wildman–Crippen LogP) is 0.876. The van der Waals surface area contributed by atoms with Crippen LogP contribution in [0.15, 0.2) is 12.7 Å². The molecule has 4 rings (SSSR count). The standard InChI is InChI=1S/C17H25N7O/c1-22(17-15-16(19-11-18-15)20-12-21-17)10-14(25)24-8-6-23(7-9-24)13-4-2-3-5-13/h11-13H,2-10H2,1H3,(H,18,19,20,21). The van der Waals surface area contributed by atoms with Gasteiger partial charge in [0.25, 0.3) is 0 Å². The molecule has 1 saturated heterocycles. The number of likely N-dealkylation sites (N-methyl/N-ethyl adjacent to an activating group) is 1. The molecule has 1 aliphatic heterocycles. The Morgan fingerprint density at radius 3 is 2.72 bits per heavy atom. The van der Waals surface area contributed by atoms with Crippen molar-refractivity contribution >= 4 is 22.9 Å². The van der Waals surface area contributed by atoms with Crippen LogP contribution in [0.25, 0.3) is 11.2 Å². The van der Waals surface area contributed by atoms with Gasteiger partial charge in [0.1, 0.15) is 11.8 Å². The second-order valence-corrected chi connectivity index (χ2v) is 7.01. The summed E-state index contributed by atoms with van der Waals surface area (Å²) in [5.74, 6) is 0.861. The summed E-state index contributed by atoms with van der Waals surface area (Å²) in [7, 11) is 1.88. The Hall–Kier alpha value is -2.22. The molecule has 25 heavy (non-hydrogen) atoms. The highest BCUT2D eigenvalue weighted by molar-refractivity contribution is 5.87. The topological polar surface area (TPSA) is 81.2 Å². The van der Waals surface area contributed by atoms with Crippen LogP contribution in [-0.2, 0) is 4.79 Å². The number of nitrogens with one attached hydrogen (secondary N) is 1. The Labute approximate surface area is 147 Å². The summed E-state index contributed by atoms with van der Waals surface area (Å²) >= 11 is 0. The zero-order valence-electron chi connectivity index (χ0n) is 14.7. The molecule has 0 atom stereocenters. The van der Waals surface area contributed by atoms with Crippen LogP contribution in [-0.4, -0.2) is 81.5 Å². The van der Waals surface area contributed by atoms with E-state index in [2.05, 4.69) is 24.8 Å². The van der Waals surface area contributed by atoms with Gasteiger partial charge in [-0.25, -0.2) is 15.0 Å². The van der Waals surface area contributed by atoms with E-state index in [-0.39, 0.29) is 5.91 Å². The molecule has 2 aromatic heterocycles. The molecule has 0 aromatic carbocycles. The summed E-state index contributed by atoms with van der Waals surface area (Å²) < 4.78 is 0. The molecular formula is C17H25N7O. The van der Waals surface area contributed by atoms with Crippen LogP contribution in [0.5, 0.6) is 0 Å². The number of rotatable bonds is 4. The lowest BCUT2D eigenvalue weighted by Crippen LogP contribution is -2.53. The SMILES string of the molecule is CN(CC(=O)N1CCN(C2CCCC2)CC1)c1ncnc2nc[nH]c12. The van der Waals surface area contributed by atoms with Crippen molar-refractivity contribution < 1.29 is 4.79 Å². The fourth-order valence-corrected chi connectivity index (χ4v) is 4.03. The third kappa shape index (κ3) is 3.30. The summed E-state index contributed by atoms with van der Waals surface area (Å²) in [4.78, 5) is 34.7. The Balaban J connectivity index is 1.35. The lowest BCUT2D eigenvalue weighted by Gasteiger charge is -2.38. The second-order valence-electron chi connectivity index (χ2n) is 7.01. The largest absolute Gasteiger partial charge is 0.348 e. The molecular weight excluding hydrogens is 318 g/mol. The van der Waals surface area contributed by atoms with Crippen molar-refractivity contribution in [2.75, 3.05) is 44.7 Å². The number of amides is 1. The second kappa shape index (κ2) is 6.95. The summed E-state index contributed by atoms with van der Waals surface area (Å²) in [6.45, 7) is 3.96. The van der Waals surface area contributed by atoms with E-state index in [1.165, 1.54) is 32.0 Å². The summed E-state index contributed by atoms with van der Waals surface area (Å²) in [6.07, 6.45) is 8.45. The average Bonchev–Trinajstić information content (AvgIpc) is 3.33. The van der Waals surface area contributed by atoms with E-state index in [4.69, 9.17) is 0 Å². The predicted molar refractivity (Wildman–Crippen MR) is 95.4 cm³/mol. The van der Waals surface area contributed by atoms with E-state index in [1.54, 1.807) is 6.33 Å². The summed E-state index contributed by atoms with van der Waals surface area (Å²) in [5, 5.41) is 0. The highest BCUT2D eigenvalue weighted by Gasteiger charge is 2.28. The van der Waals surface area contributed by atoms with Gasteiger partial charge in [-0.15, -0.1) is 0 Å². The van der Waals surface area contributed by atoms with Gasteiger partial charge in [-0.05, 0) is 12.8 Å². The van der Waals surface area contributed by atoms with E-state index in [1.807, 2.05) is 16.8 Å². The Morgan fingerprint density at radius 2 is 1.96 bits per heavy atom. The zero-order chi connectivity index (χ0) is 17.2. The maximum absolute atomic E-state index is 12.7. The molecule has 1 N–H and O–H groups in total. The number of piperazine rings is 1. The molecule has 8 nitrogen and oxygen atoms in total. The first-order valence-electron chi connectivity index (χ1n) is 9.09. The molecule has 1 aliphatic carbocycles. The van der Waals surface area contributed by atoms with Gasteiger partial charge >= 0.3 is 0 Å². The van der Waals surface area contributed by atoms with E-state index >= 15 is 0 Å². The van der Waals surface area contributed by atoms with Gasteiger partial charge in [-0.3, -0.25) is 9.69 Å². The fraction of sp³-hybridized carbons (Fsp3) is 0.647. The first kappa shape index (κ1) is 16.3. The molecule has 0 bridgehead atoms. The number of nitrogens with zero attached hydrogens (tertiary/aromatic N) is 6. The molecule has 0 spiro atoms. The van der Waals surface area contributed by atoms with Gasteiger partial charge in [0.15, 0.2) is 11.5 Å². The number of hydrogen-bond donors (Lipinski definition) is 1. The van der Waals surface area contributed by atoms with Crippen LogP contribution in [0.3, 0.4) is 0 Å². The van der Waals surface area contributed by atoms with E-state index in [0.29, 0.717) is 18.0 Å². The highest BCUT2D eigenvalue weighted by atomic mass is 16.2. The number of hydrogen-bond acceptors (Lipinski definition) is 6. The minimum atomic E-state index is 0.153. The molecule has 8 heteroatoms. The van der Waals surface area contributed by atoms with Crippen LogP contribution in [0.1, 0.15) is 25.7 Å². The van der Waals surface area contributed by atoms with Crippen molar-refractivity contribution in [3.8, 4) is 0 Å². The van der Waals surface area contributed by atoms with E-state index < -0.39 is 0 Å². The molecule has 134 valence electrons. The zero-order valence-corrected chi connectivity index (χ0v) is 14.7. The van der Waals surface area contributed by atoms with Gasteiger partial charge < -0.3 is 14.8 Å². The number of aromatic amines is 1. The molecule has 2 aliphatic rings. The van der Waals surface area contributed by atoms with Crippen LogP contribution in [0.4, 0.5) is 5.82 Å². The fourth-order valence-electron chi connectivity index (χ4n) is 4.03. The molecule has 2 fully saturated rings. The minimum absolute atomic E-state index is 0.153. The Kier molecular flexibility index (Phi) is 4.52. The first-order chi connectivity index (χ1) is 12.2. The van der Waals surface area contributed by atoms with E-state index in [9.17, 15) is 4.79 Å². The van der Waals surface area contributed by atoms with Crippen LogP contribution in [0, 0.1) is 0 Å². The number of carbonyl (C=O) groups is 1. The Morgan fingerprint density at radius 1 is 1.20 bits per heavy atom. The molecule has 0 radical (unpaired) electrons. The molecule has 1 saturated carbocycles. The van der Waals surface area contributed by atoms with E-state index in [0.717, 1.165) is 37.7 Å². The van der Waals surface area contributed by atoms with Crippen LogP contribution >= 0.6 is 0 Å². The number of H-pyrrole nitrogens is 1. The number of fused-ring (bicyclic) bond motifs is 1. The molecule has 1 amide bonds. The van der Waals surface area contributed by atoms with Crippen molar-refractivity contribution in [1.82, 2.24) is 29.7 Å². The number of imidazole rings is 1. The first-order valence-corrected chi connectivity index (χ1v) is 9.09. The molecule has 3 heterocycles. The minimum Gasteiger partial charge on any atom is -0.348 e. The smallest absolute Gasteiger partial charge is 0.242 e. The van der Waals surface area contributed by atoms with Gasteiger partial charge in [0, 0.05) is 39.3 Å². The third-order valence-corrected chi connectivity index (χ3v) is 5.45. The number of anilines is 1. The highest BCUT2D eigenvalue weighted by Crippen LogP contribution is 2.24. The normalized spacial score (nSPS) is 19.6. The molecule has 0 unspecified atom stereocenters. The van der Waals surface area contributed by atoms with Crippen molar-refractivity contribution in [1.29, 1.82) is 0 Å². The number of carbonyl (C=O) groups excluding carboxylic acids is 1. The summed E-state index contributed by atoms with van der Waals surface area (Å²) in [6, 6.07) is 0.745. The third-order valence-electron chi connectivity index (χ3n) is 5.45. The lowest BCUT2D eigenvalue weighted by molar-refractivity contribution is -0.131. The lowest BCUT2D eigenvalue weighted by atomic mass is 10.2.